The van der Waals surface area contributed by atoms with Gasteiger partial charge in [0.2, 0.25) is 11.8 Å². The molecule has 8 nitrogen and oxygen atoms in total. The van der Waals surface area contributed by atoms with E-state index in [4.69, 9.17) is 0 Å². The molecule has 0 saturated carbocycles. The number of fused-ring (bicyclic) bond motifs is 3. The van der Waals surface area contributed by atoms with Crippen LogP contribution >= 0.6 is 0 Å². The molecule has 3 aliphatic heterocycles. The number of pyridine rings is 1. The van der Waals surface area contributed by atoms with Crippen LogP contribution in [0.3, 0.4) is 0 Å². The number of amides is 3. The van der Waals surface area contributed by atoms with Gasteiger partial charge in [-0.05, 0) is 47.1 Å². The van der Waals surface area contributed by atoms with Gasteiger partial charge in [0.1, 0.15) is 11.9 Å². The summed E-state index contributed by atoms with van der Waals surface area (Å²) < 4.78 is 0. The molecule has 0 spiro atoms. The van der Waals surface area contributed by atoms with Gasteiger partial charge in [0.05, 0.1) is 5.56 Å². The monoisotopic (exact) mass is 469 g/mol. The van der Waals surface area contributed by atoms with Crippen LogP contribution in [0.5, 0.6) is 0 Å². The standard InChI is InChI=1S/C27H27N5O3/c33-24(31-15-20-11-19(12-21(20)16-31)18-4-2-1-3-5-18)7-6-17-10-22-25(29-13-17)30-26(34)23-14-28-8-9-32(23)27(22)35/h1-7,10-11,13,20-21,23,28H,8-9,12,14-16H2,(H,29,30,34). The molecule has 2 aromatic rings. The summed E-state index contributed by atoms with van der Waals surface area (Å²) >= 11 is 0. The van der Waals surface area contributed by atoms with Gasteiger partial charge in [0.15, 0.2) is 0 Å². The van der Waals surface area contributed by atoms with Crippen LogP contribution in [0.4, 0.5) is 5.82 Å². The number of likely N-dealkylation sites (tertiary alicyclic amines) is 1. The fourth-order valence-electron chi connectivity index (χ4n) is 5.60. The molecule has 3 unspecified atom stereocenters. The van der Waals surface area contributed by atoms with Crippen LogP contribution in [-0.4, -0.2) is 71.3 Å². The van der Waals surface area contributed by atoms with E-state index in [0.717, 1.165) is 19.5 Å². The molecule has 0 radical (unpaired) electrons. The van der Waals surface area contributed by atoms with Crippen molar-refractivity contribution in [2.24, 2.45) is 11.8 Å². The minimum absolute atomic E-state index is 0.0363. The first kappa shape index (κ1) is 21.7. The summed E-state index contributed by atoms with van der Waals surface area (Å²) in [6.07, 6.45) is 8.16. The quantitative estimate of drug-likeness (QED) is 0.671. The van der Waals surface area contributed by atoms with Gasteiger partial charge < -0.3 is 20.4 Å². The first-order valence-electron chi connectivity index (χ1n) is 12.1. The molecule has 4 aliphatic rings. The van der Waals surface area contributed by atoms with Gasteiger partial charge >= 0.3 is 0 Å². The maximum atomic E-state index is 13.1. The summed E-state index contributed by atoms with van der Waals surface area (Å²) in [6.45, 7) is 3.01. The Labute approximate surface area is 203 Å². The summed E-state index contributed by atoms with van der Waals surface area (Å²) in [5.74, 6) is 0.638. The molecule has 2 N–H and O–H groups in total. The maximum Gasteiger partial charge on any atom is 0.258 e. The molecule has 4 heterocycles. The second-order valence-corrected chi connectivity index (χ2v) is 9.64. The number of benzene rings is 1. The molecule has 1 aliphatic carbocycles. The molecule has 0 bridgehead atoms. The van der Waals surface area contributed by atoms with E-state index in [1.807, 2.05) is 11.0 Å². The van der Waals surface area contributed by atoms with Crippen molar-refractivity contribution in [3.8, 4) is 0 Å². The zero-order valence-electron chi connectivity index (χ0n) is 19.3. The summed E-state index contributed by atoms with van der Waals surface area (Å²) in [5, 5.41) is 5.92. The van der Waals surface area contributed by atoms with Crippen molar-refractivity contribution < 1.29 is 14.4 Å². The molecule has 178 valence electrons. The fourth-order valence-corrected chi connectivity index (χ4v) is 5.60. The molecule has 6 rings (SSSR count). The Morgan fingerprint density at radius 2 is 2.00 bits per heavy atom. The van der Waals surface area contributed by atoms with Crippen LogP contribution in [0.25, 0.3) is 11.6 Å². The van der Waals surface area contributed by atoms with E-state index >= 15 is 0 Å². The molecule has 2 fully saturated rings. The van der Waals surface area contributed by atoms with Crippen LogP contribution in [0.1, 0.15) is 27.9 Å². The molecule has 3 atom stereocenters. The smallest absolute Gasteiger partial charge is 0.258 e. The molecule has 35 heavy (non-hydrogen) atoms. The first-order chi connectivity index (χ1) is 17.1. The third-order valence-electron chi connectivity index (χ3n) is 7.45. The number of nitrogens with one attached hydrogen (secondary N) is 2. The Balaban J connectivity index is 1.14. The van der Waals surface area contributed by atoms with Crippen molar-refractivity contribution in [3.05, 3.63) is 71.4 Å². The topological polar surface area (TPSA) is 94.6 Å². The molecule has 2 saturated heterocycles. The predicted octanol–water partition coefficient (Wildman–Crippen LogP) is 2.02. The highest BCUT2D eigenvalue weighted by atomic mass is 16.2. The molecule has 1 aromatic heterocycles. The average molecular weight is 470 g/mol. The number of carbonyl (C=O) groups is 3. The Bertz CT molecular complexity index is 1250. The second kappa shape index (κ2) is 8.78. The number of hydrogen-bond acceptors (Lipinski definition) is 5. The minimum atomic E-state index is -0.544. The maximum absolute atomic E-state index is 13.1. The number of aromatic nitrogens is 1. The van der Waals surface area contributed by atoms with Gasteiger partial charge in [-0.25, -0.2) is 4.98 Å². The molecular weight excluding hydrogens is 442 g/mol. The first-order valence-corrected chi connectivity index (χ1v) is 12.1. The van der Waals surface area contributed by atoms with Gasteiger partial charge in [-0.1, -0.05) is 36.4 Å². The summed E-state index contributed by atoms with van der Waals surface area (Å²) in [4.78, 5) is 46.4. The van der Waals surface area contributed by atoms with E-state index in [1.165, 1.54) is 11.1 Å². The van der Waals surface area contributed by atoms with Gasteiger partial charge in [-0.15, -0.1) is 0 Å². The van der Waals surface area contributed by atoms with Gasteiger partial charge in [-0.2, -0.15) is 0 Å². The Morgan fingerprint density at radius 1 is 1.14 bits per heavy atom. The van der Waals surface area contributed by atoms with Crippen molar-refractivity contribution >= 4 is 35.2 Å². The molecule has 1 aromatic carbocycles. The number of nitrogens with zero attached hydrogens (tertiary/aromatic N) is 3. The summed E-state index contributed by atoms with van der Waals surface area (Å²) in [6, 6.07) is 11.6. The Morgan fingerprint density at radius 3 is 2.83 bits per heavy atom. The van der Waals surface area contributed by atoms with Crippen molar-refractivity contribution in [2.75, 3.05) is 38.0 Å². The Kier molecular flexibility index (Phi) is 5.45. The average Bonchev–Trinajstić information content (AvgIpc) is 3.45. The minimum Gasteiger partial charge on any atom is -0.338 e. The number of allylic oxidation sites excluding steroid dienone is 1. The van der Waals surface area contributed by atoms with Gasteiger partial charge in [0, 0.05) is 45.0 Å². The highest BCUT2D eigenvalue weighted by Gasteiger charge is 2.38. The van der Waals surface area contributed by atoms with E-state index in [0.29, 0.717) is 42.6 Å². The van der Waals surface area contributed by atoms with E-state index < -0.39 is 6.04 Å². The van der Waals surface area contributed by atoms with Crippen LogP contribution in [0.15, 0.2) is 54.7 Å². The number of hydrogen-bond donors (Lipinski definition) is 2. The lowest BCUT2D eigenvalue weighted by Gasteiger charge is -2.33. The van der Waals surface area contributed by atoms with E-state index in [-0.39, 0.29) is 23.5 Å². The second-order valence-electron chi connectivity index (χ2n) is 9.64. The lowest BCUT2D eigenvalue weighted by atomic mass is 9.98. The highest BCUT2D eigenvalue weighted by Crippen LogP contribution is 2.41. The highest BCUT2D eigenvalue weighted by molar-refractivity contribution is 6.09. The zero-order valence-corrected chi connectivity index (χ0v) is 19.3. The lowest BCUT2D eigenvalue weighted by Crippen LogP contribution is -2.57. The van der Waals surface area contributed by atoms with Crippen LogP contribution < -0.4 is 10.6 Å². The zero-order chi connectivity index (χ0) is 23.9. The van der Waals surface area contributed by atoms with Crippen LogP contribution in [-0.2, 0) is 9.59 Å². The number of anilines is 1. The normalized spacial score (nSPS) is 25.6. The fraction of sp³-hybridized carbons (Fsp3) is 0.333. The third-order valence-corrected chi connectivity index (χ3v) is 7.45. The van der Waals surface area contributed by atoms with Crippen molar-refractivity contribution in [1.29, 1.82) is 0 Å². The third kappa shape index (κ3) is 4.04. The molecular formula is C27H27N5O3. The van der Waals surface area contributed by atoms with Crippen molar-refractivity contribution in [3.63, 3.8) is 0 Å². The van der Waals surface area contributed by atoms with Crippen molar-refractivity contribution in [2.45, 2.75) is 12.5 Å². The van der Waals surface area contributed by atoms with E-state index in [1.54, 1.807) is 29.3 Å². The van der Waals surface area contributed by atoms with Crippen LogP contribution in [0, 0.1) is 11.8 Å². The number of piperazine rings is 1. The molecule has 8 heteroatoms. The van der Waals surface area contributed by atoms with Gasteiger partial charge in [-0.3, -0.25) is 14.4 Å². The number of rotatable bonds is 3. The predicted molar refractivity (Wildman–Crippen MR) is 132 cm³/mol. The van der Waals surface area contributed by atoms with E-state index in [9.17, 15) is 14.4 Å². The van der Waals surface area contributed by atoms with Gasteiger partial charge in [0.25, 0.3) is 5.91 Å². The number of carbonyl (C=O) groups excluding carboxylic acids is 3. The lowest BCUT2D eigenvalue weighted by molar-refractivity contribution is -0.125. The SMILES string of the molecule is O=C1Nc2ncc(C=CC(=O)N3CC4C=C(c5ccccc5)CC4C3)cc2C(=O)N2CCNCC12. The Hall–Kier alpha value is -3.78. The summed E-state index contributed by atoms with van der Waals surface area (Å²) in [5.41, 5.74) is 3.65. The van der Waals surface area contributed by atoms with Crippen molar-refractivity contribution in [1.82, 2.24) is 20.1 Å². The van der Waals surface area contributed by atoms with E-state index in [2.05, 4.69) is 46.0 Å². The molecule has 3 amide bonds. The summed E-state index contributed by atoms with van der Waals surface area (Å²) in [7, 11) is 0. The largest absolute Gasteiger partial charge is 0.338 e. The van der Waals surface area contributed by atoms with Crippen LogP contribution in [0.2, 0.25) is 0 Å².